The van der Waals surface area contributed by atoms with Crippen molar-refractivity contribution in [2.45, 2.75) is 43.4 Å². The second kappa shape index (κ2) is 5.66. The van der Waals surface area contributed by atoms with E-state index in [9.17, 15) is 8.42 Å². The molecule has 0 N–H and O–H groups in total. The van der Waals surface area contributed by atoms with E-state index in [0.717, 1.165) is 30.5 Å². The maximum atomic E-state index is 12.6. The second-order valence-corrected chi connectivity index (χ2v) is 8.14. The molecule has 0 spiro atoms. The summed E-state index contributed by atoms with van der Waals surface area (Å²) in [7, 11) is -3.20. The number of hydrogen-bond donors (Lipinski definition) is 0. The monoisotopic (exact) mass is 313 g/mol. The van der Waals surface area contributed by atoms with E-state index in [4.69, 9.17) is 11.6 Å². The number of sulfonamides is 1. The Labute approximate surface area is 126 Å². The van der Waals surface area contributed by atoms with Gasteiger partial charge in [0.15, 0.2) is 0 Å². The van der Waals surface area contributed by atoms with Gasteiger partial charge in [0, 0.05) is 18.5 Å². The number of halogens is 1. The molecule has 0 aliphatic heterocycles. The number of benzene rings is 1. The highest BCUT2D eigenvalue weighted by Gasteiger charge is 2.40. The Morgan fingerprint density at radius 1 is 1.15 bits per heavy atom. The van der Waals surface area contributed by atoms with E-state index in [-0.39, 0.29) is 11.8 Å². The molecule has 0 amide bonds. The highest BCUT2D eigenvalue weighted by atomic mass is 35.5. The lowest BCUT2D eigenvalue weighted by Gasteiger charge is -2.22. The Morgan fingerprint density at radius 3 is 2.45 bits per heavy atom. The van der Waals surface area contributed by atoms with Crippen LogP contribution < -0.4 is 0 Å². The molecule has 2 aliphatic carbocycles. The third-order valence-corrected chi connectivity index (χ3v) is 6.11. The van der Waals surface area contributed by atoms with E-state index in [1.54, 1.807) is 4.31 Å². The summed E-state index contributed by atoms with van der Waals surface area (Å²) in [6.45, 7) is 0.724. The van der Waals surface area contributed by atoms with Crippen molar-refractivity contribution in [3.63, 3.8) is 0 Å². The minimum Gasteiger partial charge on any atom is -0.212 e. The van der Waals surface area contributed by atoms with Crippen molar-refractivity contribution in [1.82, 2.24) is 4.31 Å². The minimum absolute atomic E-state index is 0.0982. The summed E-state index contributed by atoms with van der Waals surface area (Å²) in [4.78, 5) is 0. The average Bonchev–Trinajstić information content (AvgIpc) is 3.27. The molecule has 2 saturated carbocycles. The van der Waals surface area contributed by atoms with Crippen LogP contribution in [0.3, 0.4) is 0 Å². The van der Waals surface area contributed by atoms with Crippen molar-refractivity contribution in [2.75, 3.05) is 6.54 Å². The van der Waals surface area contributed by atoms with Crippen LogP contribution in [-0.2, 0) is 21.7 Å². The van der Waals surface area contributed by atoms with Crippen molar-refractivity contribution in [1.29, 1.82) is 0 Å². The predicted molar refractivity (Wildman–Crippen MR) is 81.1 cm³/mol. The molecule has 0 heterocycles. The van der Waals surface area contributed by atoms with E-state index in [1.165, 1.54) is 12.8 Å². The fourth-order valence-electron chi connectivity index (χ4n) is 2.50. The van der Waals surface area contributed by atoms with Gasteiger partial charge in [-0.15, -0.1) is 11.6 Å². The lowest BCUT2D eigenvalue weighted by atomic mass is 10.2. The van der Waals surface area contributed by atoms with Crippen molar-refractivity contribution in [3.05, 3.63) is 35.4 Å². The molecule has 0 radical (unpaired) electrons. The lowest BCUT2D eigenvalue weighted by Crippen LogP contribution is -2.35. The lowest BCUT2D eigenvalue weighted by molar-refractivity contribution is 0.388. The van der Waals surface area contributed by atoms with Crippen LogP contribution in [0.15, 0.2) is 24.3 Å². The largest absolute Gasteiger partial charge is 0.218 e. The molecule has 0 bridgehead atoms. The van der Waals surface area contributed by atoms with Crippen LogP contribution in [0.5, 0.6) is 0 Å². The average molecular weight is 314 g/mol. The summed E-state index contributed by atoms with van der Waals surface area (Å²) in [5.74, 6) is 1.11. The van der Waals surface area contributed by atoms with Gasteiger partial charge in [-0.2, -0.15) is 4.31 Å². The van der Waals surface area contributed by atoms with Crippen LogP contribution >= 0.6 is 11.6 Å². The smallest absolute Gasteiger partial charge is 0.212 e. The van der Waals surface area contributed by atoms with Gasteiger partial charge in [0.05, 0.1) is 5.75 Å². The molecular weight excluding hydrogens is 294 g/mol. The summed E-state index contributed by atoms with van der Waals surface area (Å²) in [6, 6.07) is 7.83. The van der Waals surface area contributed by atoms with E-state index in [0.29, 0.717) is 11.8 Å². The van der Waals surface area contributed by atoms with E-state index >= 15 is 0 Å². The van der Waals surface area contributed by atoms with Crippen LogP contribution in [-0.4, -0.2) is 25.3 Å². The molecule has 2 fully saturated rings. The molecule has 20 heavy (non-hydrogen) atoms. The Hall–Kier alpha value is -0.580. The first kappa shape index (κ1) is 14.4. The number of alkyl halides is 1. The molecule has 1 aromatic carbocycles. The maximum absolute atomic E-state index is 12.6. The van der Waals surface area contributed by atoms with Crippen LogP contribution in [0.25, 0.3) is 0 Å². The third kappa shape index (κ3) is 3.54. The van der Waals surface area contributed by atoms with Crippen LogP contribution in [0.1, 0.15) is 36.8 Å². The van der Waals surface area contributed by atoms with E-state index < -0.39 is 10.0 Å². The second-order valence-electron chi connectivity index (χ2n) is 5.95. The third-order valence-electron chi connectivity index (χ3n) is 3.94. The van der Waals surface area contributed by atoms with Crippen LogP contribution in [0, 0.1) is 5.92 Å². The molecule has 0 atom stereocenters. The summed E-state index contributed by atoms with van der Waals surface area (Å²) < 4.78 is 27.0. The highest BCUT2D eigenvalue weighted by Crippen LogP contribution is 2.37. The minimum atomic E-state index is -3.20. The molecule has 0 saturated heterocycles. The summed E-state index contributed by atoms with van der Waals surface area (Å²) in [5, 5.41) is 0. The van der Waals surface area contributed by atoms with Gasteiger partial charge < -0.3 is 0 Å². The van der Waals surface area contributed by atoms with Gasteiger partial charge in [0.2, 0.25) is 10.0 Å². The molecule has 3 rings (SSSR count). The first-order chi connectivity index (χ1) is 9.58. The number of nitrogens with zero attached hydrogens (tertiary/aromatic N) is 1. The molecule has 0 aromatic heterocycles. The standard InChI is InChI=1S/C15H20ClNO2S/c16-9-13-2-1-3-14(8-13)11-20(18,19)17(15-6-7-15)10-12-4-5-12/h1-3,8,12,15H,4-7,9-11H2. The Kier molecular flexibility index (Phi) is 4.07. The normalized spacial score (nSPS) is 19.5. The van der Waals surface area contributed by atoms with Gasteiger partial charge in [-0.3, -0.25) is 0 Å². The number of rotatable bonds is 7. The molecule has 0 unspecified atom stereocenters. The summed E-state index contributed by atoms with van der Waals surface area (Å²) in [6.07, 6.45) is 4.41. The molecule has 3 nitrogen and oxygen atoms in total. The van der Waals surface area contributed by atoms with Gasteiger partial charge in [-0.25, -0.2) is 8.42 Å². The number of hydrogen-bond acceptors (Lipinski definition) is 2. The highest BCUT2D eigenvalue weighted by molar-refractivity contribution is 7.88. The van der Waals surface area contributed by atoms with Gasteiger partial charge >= 0.3 is 0 Å². The molecule has 1 aromatic rings. The molecule has 2 aliphatic rings. The fourth-order valence-corrected chi connectivity index (χ4v) is 4.54. The van der Waals surface area contributed by atoms with Gasteiger partial charge in [-0.1, -0.05) is 24.3 Å². The zero-order chi connectivity index (χ0) is 14.2. The quantitative estimate of drug-likeness (QED) is 0.725. The van der Waals surface area contributed by atoms with Crippen molar-refractivity contribution >= 4 is 21.6 Å². The van der Waals surface area contributed by atoms with E-state index in [1.807, 2.05) is 24.3 Å². The van der Waals surface area contributed by atoms with Gasteiger partial charge in [0.1, 0.15) is 0 Å². The zero-order valence-electron chi connectivity index (χ0n) is 11.5. The zero-order valence-corrected chi connectivity index (χ0v) is 13.0. The van der Waals surface area contributed by atoms with Gasteiger partial charge in [0.25, 0.3) is 0 Å². The Morgan fingerprint density at radius 2 is 1.85 bits per heavy atom. The first-order valence-electron chi connectivity index (χ1n) is 7.22. The predicted octanol–water partition coefficient (Wildman–Crippen LogP) is 3.13. The van der Waals surface area contributed by atoms with Gasteiger partial charge in [-0.05, 0) is 42.7 Å². The molecular formula is C15H20ClNO2S. The van der Waals surface area contributed by atoms with Crippen LogP contribution in [0.4, 0.5) is 0 Å². The van der Waals surface area contributed by atoms with Crippen molar-refractivity contribution < 1.29 is 8.42 Å². The van der Waals surface area contributed by atoms with Crippen molar-refractivity contribution in [2.24, 2.45) is 5.92 Å². The van der Waals surface area contributed by atoms with Crippen LogP contribution in [0.2, 0.25) is 0 Å². The molecule has 110 valence electrons. The Balaban J connectivity index is 1.75. The Bertz CT molecular complexity index is 579. The van der Waals surface area contributed by atoms with Crippen molar-refractivity contribution in [3.8, 4) is 0 Å². The topological polar surface area (TPSA) is 37.4 Å². The SMILES string of the molecule is O=S(=O)(Cc1cccc(CCl)c1)N(CC1CC1)C1CC1. The first-order valence-corrected chi connectivity index (χ1v) is 9.36. The van der Waals surface area contributed by atoms with E-state index in [2.05, 4.69) is 0 Å². The maximum Gasteiger partial charge on any atom is 0.218 e. The molecule has 5 heteroatoms. The summed E-state index contributed by atoms with van der Waals surface area (Å²) >= 11 is 5.81. The summed E-state index contributed by atoms with van der Waals surface area (Å²) in [5.41, 5.74) is 1.81. The fraction of sp³-hybridized carbons (Fsp3) is 0.600.